The maximum Gasteiger partial charge on any atom is 0.0639 e. The molecule has 0 heterocycles. The third-order valence-corrected chi connectivity index (χ3v) is 1.67. The van der Waals surface area contributed by atoms with Gasteiger partial charge in [-0.15, -0.1) is 0 Å². The van der Waals surface area contributed by atoms with E-state index in [-0.39, 0.29) is 0 Å². The highest BCUT2D eigenvalue weighted by Gasteiger charge is 1.86. The van der Waals surface area contributed by atoms with Crippen LogP contribution in [0.1, 0.15) is 12.5 Å². The van der Waals surface area contributed by atoms with Crippen LogP contribution in [-0.4, -0.2) is 6.21 Å². The molecule has 0 aliphatic heterocycles. The van der Waals surface area contributed by atoms with Crippen LogP contribution in [0.15, 0.2) is 47.1 Å². The van der Waals surface area contributed by atoms with Crippen LogP contribution < -0.4 is 5.73 Å². The lowest BCUT2D eigenvalue weighted by Crippen LogP contribution is -1.87. The Bertz CT molecular complexity index is 299. The molecule has 2 N–H and O–H groups in total. The molecule has 0 radical (unpaired) electrons. The fourth-order valence-corrected chi connectivity index (χ4v) is 0.921. The third kappa shape index (κ3) is 3.56. The minimum absolute atomic E-state index is 0.714. The number of hydrogen-bond donors (Lipinski definition) is 1. The minimum Gasteiger partial charge on any atom is -0.404 e. The summed E-state index contributed by atoms with van der Waals surface area (Å²) in [5, 5.41) is 0. The topological polar surface area (TPSA) is 38.4 Å². The van der Waals surface area contributed by atoms with Crippen molar-refractivity contribution in [1.82, 2.24) is 0 Å². The summed E-state index contributed by atoms with van der Waals surface area (Å²) in [6, 6.07) is 10.1. The summed E-state index contributed by atoms with van der Waals surface area (Å²) in [6.07, 6.45) is 3.33. The summed E-state index contributed by atoms with van der Waals surface area (Å²) in [6.45, 7) is 2.64. The van der Waals surface area contributed by atoms with Crippen LogP contribution in [0, 0.1) is 0 Å². The molecule has 13 heavy (non-hydrogen) atoms. The summed E-state index contributed by atoms with van der Waals surface area (Å²) < 4.78 is 0. The van der Waals surface area contributed by atoms with E-state index in [1.165, 1.54) is 5.56 Å². The van der Waals surface area contributed by atoms with Gasteiger partial charge in [-0.25, -0.2) is 0 Å². The fraction of sp³-hybridized carbons (Fsp3) is 0.182. The van der Waals surface area contributed by atoms with Crippen LogP contribution >= 0.6 is 0 Å². The average molecular weight is 174 g/mol. The molecule has 2 nitrogen and oxygen atoms in total. The van der Waals surface area contributed by atoms with Crippen molar-refractivity contribution in [2.24, 2.45) is 10.7 Å². The van der Waals surface area contributed by atoms with E-state index in [1.807, 2.05) is 25.1 Å². The summed E-state index contributed by atoms with van der Waals surface area (Å²) in [5.41, 5.74) is 7.49. The Balaban J connectivity index is 2.48. The number of nitrogens with two attached hydrogens (primary N) is 1. The van der Waals surface area contributed by atoms with Gasteiger partial charge in [0.25, 0.3) is 0 Å². The molecule has 2 heteroatoms. The lowest BCUT2D eigenvalue weighted by molar-refractivity contribution is 1.08. The zero-order valence-electron chi connectivity index (χ0n) is 7.77. The third-order valence-electron chi connectivity index (χ3n) is 1.67. The Morgan fingerprint density at radius 1 is 1.38 bits per heavy atom. The van der Waals surface area contributed by atoms with Crippen LogP contribution in [0.4, 0.5) is 0 Å². The van der Waals surface area contributed by atoms with E-state index in [0.29, 0.717) is 6.54 Å². The number of aliphatic imine (C=N–C) groups is 1. The second-order valence-electron chi connectivity index (χ2n) is 2.87. The van der Waals surface area contributed by atoms with Crippen LogP contribution in [0.3, 0.4) is 0 Å². The predicted octanol–water partition coefficient (Wildman–Crippen LogP) is 2.12. The molecule has 0 unspecified atom stereocenters. The Kier molecular flexibility index (Phi) is 3.76. The van der Waals surface area contributed by atoms with E-state index in [0.717, 1.165) is 5.57 Å². The van der Waals surface area contributed by atoms with Gasteiger partial charge in [-0.3, -0.25) is 4.99 Å². The minimum atomic E-state index is 0.714. The van der Waals surface area contributed by atoms with Crippen LogP contribution in [0.5, 0.6) is 0 Å². The SMILES string of the molecule is C/C(C=NCc1ccccc1)=C/N. The molecule has 0 spiro atoms. The number of allylic oxidation sites excluding steroid dienone is 1. The number of benzene rings is 1. The summed E-state index contributed by atoms with van der Waals surface area (Å²) in [7, 11) is 0. The zero-order chi connectivity index (χ0) is 9.52. The quantitative estimate of drug-likeness (QED) is 0.700. The highest BCUT2D eigenvalue weighted by molar-refractivity contribution is 5.77. The molecule has 0 amide bonds. The average Bonchev–Trinajstić information content (AvgIpc) is 2.19. The molecule has 0 atom stereocenters. The summed E-state index contributed by atoms with van der Waals surface area (Å²) >= 11 is 0. The highest BCUT2D eigenvalue weighted by atomic mass is 14.7. The molecule has 1 aromatic carbocycles. The van der Waals surface area contributed by atoms with Crippen LogP contribution in [0.25, 0.3) is 0 Å². The smallest absolute Gasteiger partial charge is 0.0639 e. The predicted molar refractivity (Wildman–Crippen MR) is 56.6 cm³/mol. The molecular formula is C11H14N2. The maximum absolute atomic E-state index is 5.30. The number of hydrogen-bond acceptors (Lipinski definition) is 2. The van der Waals surface area contributed by atoms with Gasteiger partial charge in [0.15, 0.2) is 0 Å². The van der Waals surface area contributed by atoms with E-state index >= 15 is 0 Å². The molecule has 0 aromatic heterocycles. The maximum atomic E-state index is 5.30. The van der Waals surface area contributed by atoms with Gasteiger partial charge in [-0.2, -0.15) is 0 Å². The monoisotopic (exact) mass is 174 g/mol. The van der Waals surface area contributed by atoms with Gasteiger partial charge in [0, 0.05) is 6.21 Å². The standard InChI is InChI=1S/C11H14N2/c1-10(7-12)8-13-9-11-5-3-2-4-6-11/h2-8H,9,12H2,1H3/b10-7-,13-8?. The Labute approximate surface area is 78.8 Å². The molecule has 68 valence electrons. The van der Waals surface area contributed by atoms with E-state index in [4.69, 9.17) is 5.73 Å². The normalized spacial score (nSPS) is 12.2. The van der Waals surface area contributed by atoms with Crippen molar-refractivity contribution < 1.29 is 0 Å². The van der Waals surface area contributed by atoms with Crippen molar-refractivity contribution in [2.45, 2.75) is 13.5 Å². The van der Waals surface area contributed by atoms with E-state index in [2.05, 4.69) is 17.1 Å². The largest absolute Gasteiger partial charge is 0.404 e. The molecule has 0 fully saturated rings. The zero-order valence-corrected chi connectivity index (χ0v) is 7.77. The van der Waals surface area contributed by atoms with Gasteiger partial charge in [-0.05, 0) is 24.3 Å². The first-order valence-electron chi connectivity index (χ1n) is 4.25. The summed E-state index contributed by atoms with van der Waals surface area (Å²) in [4.78, 5) is 4.24. The van der Waals surface area contributed by atoms with E-state index < -0.39 is 0 Å². The number of rotatable bonds is 3. The second-order valence-corrected chi connectivity index (χ2v) is 2.87. The molecule has 0 aliphatic rings. The van der Waals surface area contributed by atoms with Crippen molar-refractivity contribution in [3.05, 3.63) is 47.7 Å². The first kappa shape index (κ1) is 9.52. The Morgan fingerprint density at radius 2 is 2.08 bits per heavy atom. The Hall–Kier alpha value is -1.57. The van der Waals surface area contributed by atoms with E-state index in [9.17, 15) is 0 Å². The van der Waals surface area contributed by atoms with Crippen molar-refractivity contribution in [1.29, 1.82) is 0 Å². The molecular weight excluding hydrogens is 160 g/mol. The van der Waals surface area contributed by atoms with Gasteiger partial charge in [0.05, 0.1) is 6.54 Å². The molecule has 0 saturated heterocycles. The molecule has 0 saturated carbocycles. The van der Waals surface area contributed by atoms with Crippen molar-refractivity contribution in [3.8, 4) is 0 Å². The van der Waals surface area contributed by atoms with Gasteiger partial charge < -0.3 is 5.73 Å². The molecule has 0 bridgehead atoms. The molecule has 0 aliphatic carbocycles. The second kappa shape index (κ2) is 5.14. The first-order valence-corrected chi connectivity index (χ1v) is 4.25. The Morgan fingerprint density at radius 3 is 2.69 bits per heavy atom. The number of nitrogens with zero attached hydrogens (tertiary/aromatic N) is 1. The van der Waals surface area contributed by atoms with Gasteiger partial charge in [0.2, 0.25) is 0 Å². The van der Waals surface area contributed by atoms with Gasteiger partial charge in [-0.1, -0.05) is 30.3 Å². The van der Waals surface area contributed by atoms with Crippen LogP contribution in [-0.2, 0) is 6.54 Å². The lowest BCUT2D eigenvalue weighted by Gasteiger charge is -1.94. The van der Waals surface area contributed by atoms with E-state index in [1.54, 1.807) is 12.4 Å². The molecule has 1 aromatic rings. The lowest BCUT2D eigenvalue weighted by atomic mass is 10.2. The fourth-order valence-electron chi connectivity index (χ4n) is 0.921. The molecule has 1 rings (SSSR count). The van der Waals surface area contributed by atoms with Gasteiger partial charge >= 0.3 is 0 Å². The van der Waals surface area contributed by atoms with Crippen LogP contribution in [0.2, 0.25) is 0 Å². The highest BCUT2D eigenvalue weighted by Crippen LogP contribution is 1.99. The van der Waals surface area contributed by atoms with Gasteiger partial charge in [0.1, 0.15) is 0 Å². The van der Waals surface area contributed by atoms with Crippen molar-refractivity contribution in [3.63, 3.8) is 0 Å². The first-order chi connectivity index (χ1) is 6.33. The van der Waals surface area contributed by atoms with Crippen molar-refractivity contribution >= 4 is 6.21 Å². The van der Waals surface area contributed by atoms with Crippen molar-refractivity contribution in [2.75, 3.05) is 0 Å². The summed E-state index contributed by atoms with van der Waals surface area (Å²) in [5.74, 6) is 0.